The average molecular weight is 393 g/mol. The molecule has 0 radical (unpaired) electrons. The molecule has 0 bridgehead atoms. The minimum absolute atomic E-state index is 0.113. The highest BCUT2D eigenvalue weighted by Gasteiger charge is 2.34. The van der Waals surface area contributed by atoms with E-state index in [1.807, 2.05) is 53.8 Å². The van der Waals surface area contributed by atoms with E-state index in [2.05, 4.69) is 42.2 Å². The van der Waals surface area contributed by atoms with Crippen molar-refractivity contribution in [3.05, 3.63) is 59.7 Å². The van der Waals surface area contributed by atoms with Gasteiger partial charge in [0.1, 0.15) is 0 Å². The summed E-state index contributed by atoms with van der Waals surface area (Å²) in [7, 11) is 1.95. The van der Waals surface area contributed by atoms with Crippen LogP contribution >= 0.6 is 11.8 Å². The molecule has 5 nitrogen and oxygen atoms in total. The zero-order valence-electron chi connectivity index (χ0n) is 16.6. The number of para-hydroxylation sites is 1. The Kier molecular flexibility index (Phi) is 4.98. The number of hydrogen-bond donors (Lipinski definition) is 0. The van der Waals surface area contributed by atoms with Gasteiger partial charge in [0.2, 0.25) is 5.91 Å². The molecule has 1 aliphatic rings. The summed E-state index contributed by atoms with van der Waals surface area (Å²) in [6.45, 7) is 6.11. The minimum atomic E-state index is -0.248. The number of aromatic nitrogens is 3. The van der Waals surface area contributed by atoms with Crippen molar-refractivity contribution in [1.29, 1.82) is 0 Å². The van der Waals surface area contributed by atoms with Crippen LogP contribution < -0.4 is 4.90 Å². The van der Waals surface area contributed by atoms with Gasteiger partial charge >= 0.3 is 0 Å². The molecule has 1 amide bonds. The maximum atomic E-state index is 13.2. The van der Waals surface area contributed by atoms with Gasteiger partial charge in [-0.2, -0.15) is 0 Å². The fourth-order valence-electron chi connectivity index (χ4n) is 3.68. The second-order valence-electron chi connectivity index (χ2n) is 7.38. The van der Waals surface area contributed by atoms with Gasteiger partial charge < -0.3 is 9.47 Å². The van der Waals surface area contributed by atoms with E-state index in [0.717, 1.165) is 28.7 Å². The third kappa shape index (κ3) is 3.33. The van der Waals surface area contributed by atoms with Crippen LogP contribution in [0.1, 0.15) is 25.0 Å². The standard InChI is InChI=1S/C22H24N4OS/c1-14-9-11-17(12-10-14)20-23-24-22(25(20)4)28-16(3)21(27)26-15(2)13-18-7-5-6-8-19(18)26/h5-12,15-16H,13H2,1-4H3. The van der Waals surface area contributed by atoms with Crippen LogP contribution in [-0.2, 0) is 18.3 Å². The molecule has 2 unspecified atom stereocenters. The van der Waals surface area contributed by atoms with E-state index in [4.69, 9.17) is 0 Å². The monoisotopic (exact) mass is 392 g/mol. The maximum Gasteiger partial charge on any atom is 0.240 e. The van der Waals surface area contributed by atoms with E-state index >= 15 is 0 Å². The molecule has 1 aromatic heterocycles. The van der Waals surface area contributed by atoms with E-state index in [0.29, 0.717) is 0 Å². The molecule has 0 saturated carbocycles. The summed E-state index contributed by atoms with van der Waals surface area (Å²) in [6, 6.07) is 16.6. The third-order valence-electron chi connectivity index (χ3n) is 5.22. The van der Waals surface area contributed by atoms with Gasteiger partial charge in [-0.15, -0.1) is 10.2 Å². The van der Waals surface area contributed by atoms with Gasteiger partial charge in [0.05, 0.1) is 5.25 Å². The number of hydrogen-bond acceptors (Lipinski definition) is 4. The van der Waals surface area contributed by atoms with Crippen LogP contribution in [0.3, 0.4) is 0 Å². The number of amides is 1. The molecule has 0 spiro atoms. The molecule has 0 N–H and O–H groups in total. The smallest absolute Gasteiger partial charge is 0.240 e. The van der Waals surface area contributed by atoms with E-state index in [1.165, 1.54) is 22.9 Å². The highest BCUT2D eigenvalue weighted by Crippen LogP contribution is 2.35. The number of fused-ring (bicyclic) bond motifs is 1. The molecule has 2 atom stereocenters. The van der Waals surface area contributed by atoms with Crippen molar-refractivity contribution in [3.8, 4) is 11.4 Å². The first-order valence-electron chi connectivity index (χ1n) is 9.49. The van der Waals surface area contributed by atoms with Gasteiger partial charge in [0, 0.05) is 24.3 Å². The lowest BCUT2D eigenvalue weighted by molar-refractivity contribution is -0.118. The molecular formula is C22H24N4OS. The number of rotatable bonds is 4. The van der Waals surface area contributed by atoms with Crippen molar-refractivity contribution in [3.63, 3.8) is 0 Å². The summed E-state index contributed by atoms with van der Waals surface area (Å²) in [5.41, 5.74) is 4.50. The van der Waals surface area contributed by atoms with Gasteiger partial charge in [0.15, 0.2) is 11.0 Å². The fraction of sp³-hybridized carbons (Fsp3) is 0.318. The Labute approximate surface area is 169 Å². The Bertz CT molecular complexity index is 1010. The van der Waals surface area contributed by atoms with Crippen molar-refractivity contribution in [2.75, 3.05) is 4.90 Å². The zero-order chi connectivity index (χ0) is 19.8. The summed E-state index contributed by atoms with van der Waals surface area (Å²) >= 11 is 1.46. The maximum absolute atomic E-state index is 13.2. The first-order valence-corrected chi connectivity index (χ1v) is 10.4. The van der Waals surface area contributed by atoms with Crippen LogP contribution in [0.4, 0.5) is 5.69 Å². The van der Waals surface area contributed by atoms with Gasteiger partial charge in [0.25, 0.3) is 0 Å². The molecule has 0 saturated heterocycles. The molecule has 1 aliphatic heterocycles. The third-order valence-corrected chi connectivity index (χ3v) is 6.34. The van der Waals surface area contributed by atoms with Gasteiger partial charge in [-0.3, -0.25) is 4.79 Å². The van der Waals surface area contributed by atoms with Gasteiger partial charge in [-0.1, -0.05) is 59.8 Å². The fourth-order valence-corrected chi connectivity index (χ4v) is 4.54. The largest absolute Gasteiger partial charge is 0.308 e. The summed E-state index contributed by atoms with van der Waals surface area (Å²) in [5.74, 6) is 0.921. The van der Waals surface area contributed by atoms with Crippen molar-refractivity contribution >= 4 is 23.4 Å². The molecule has 2 heterocycles. The number of anilines is 1. The van der Waals surface area contributed by atoms with Gasteiger partial charge in [-0.05, 0) is 38.8 Å². The second-order valence-corrected chi connectivity index (χ2v) is 8.69. The molecule has 4 rings (SSSR count). The second kappa shape index (κ2) is 7.43. The normalized spacial score (nSPS) is 16.9. The van der Waals surface area contributed by atoms with E-state index in [-0.39, 0.29) is 17.2 Å². The lowest BCUT2D eigenvalue weighted by atomic mass is 10.1. The summed E-state index contributed by atoms with van der Waals surface area (Å²) < 4.78 is 1.96. The minimum Gasteiger partial charge on any atom is -0.308 e. The number of carbonyl (C=O) groups is 1. The molecule has 0 aliphatic carbocycles. The summed E-state index contributed by atoms with van der Waals surface area (Å²) in [6.07, 6.45) is 0.904. The van der Waals surface area contributed by atoms with E-state index in [1.54, 1.807) is 0 Å². The first-order chi connectivity index (χ1) is 13.5. The molecule has 2 aromatic carbocycles. The van der Waals surface area contributed by atoms with Crippen molar-refractivity contribution < 1.29 is 4.79 Å². The Morgan fingerprint density at radius 1 is 1.14 bits per heavy atom. The van der Waals surface area contributed by atoms with E-state index in [9.17, 15) is 4.79 Å². The lowest BCUT2D eigenvalue weighted by Crippen LogP contribution is -2.40. The molecule has 0 fully saturated rings. The average Bonchev–Trinajstić information content (AvgIpc) is 3.21. The van der Waals surface area contributed by atoms with Crippen molar-refractivity contribution in [2.45, 2.75) is 43.6 Å². The van der Waals surface area contributed by atoms with Crippen LogP contribution in [0.2, 0.25) is 0 Å². The zero-order valence-corrected chi connectivity index (χ0v) is 17.4. The van der Waals surface area contributed by atoms with Crippen molar-refractivity contribution in [2.24, 2.45) is 7.05 Å². The topological polar surface area (TPSA) is 51.0 Å². The number of nitrogens with zero attached hydrogens (tertiary/aromatic N) is 4. The SMILES string of the molecule is Cc1ccc(-c2nnc(SC(C)C(=O)N3c4ccccc4CC3C)n2C)cc1. The summed E-state index contributed by atoms with van der Waals surface area (Å²) in [4.78, 5) is 15.1. The Hall–Kier alpha value is -2.60. The number of thioether (sulfide) groups is 1. The lowest BCUT2D eigenvalue weighted by Gasteiger charge is -2.25. The number of carbonyl (C=O) groups excluding carboxylic acids is 1. The highest BCUT2D eigenvalue weighted by molar-refractivity contribution is 8.00. The van der Waals surface area contributed by atoms with Gasteiger partial charge in [-0.25, -0.2) is 0 Å². The molecule has 6 heteroatoms. The van der Waals surface area contributed by atoms with Crippen LogP contribution in [0.15, 0.2) is 53.7 Å². The highest BCUT2D eigenvalue weighted by atomic mass is 32.2. The molecular weight excluding hydrogens is 368 g/mol. The quantitative estimate of drug-likeness (QED) is 0.623. The Morgan fingerprint density at radius 3 is 2.61 bits per heavy atom. The van der Waals surface area contributed by atoms with E-state index < -0.39 is 0 Å². The molecule has 144 valence electrons. The van der Waals surface area contributed by atoms with Crippen LogP contribution in [0.25, 0.3) is 11.4 Å². The molecule has 3 aromatic rings. The molecule has 28 heavy (non-hydrogen) atoms. The number of benzene rings is 2. The predicted octanol–water partition coefficient (Wildman–Crippen LogP) is 4.25. The van der Waals surface area contributed by atoms with Crippen LogP contribution in [0.5, 0.6) is 0 Å². The Balaban J connectivity index is 1.53. The first kappa shape index (κ1) is 18.7. The summed E-state index contributed by atoms with van der Waals surface area (Å²) in [5, 5.41) is 9.17. The van der Waals surface area contributed by atoms with Crippen molar-refractivity contribution in [1.82, 2.24) is 14.8 Å². The number of aryl methyl sites for hydroxylation is 1. The Morgan fingerprint density at radius 2 is 1.86 bits per heavy atom. The predicted molar refractivity (Wildman–Crippen MR) is 114 cm³/mol. The van der Waals surface area contributed by atoms with Crippen LogP contribution in [0, 0.1) is 6.92 Å². The van der Waals surface area contributed by atoms with Crippen LogP contribution in [-0.4, -0.2) is 32.0 Å².